The molecule has 1 aromatic rings. The summed E-state index contributed by atoms with van der Waals surface area (Å²) in [5.74, 6) is 4.84. The number of nitrogens with zero attached hydrogens (tertiary/aromatic N) is 2. The van der Waals surface area contributed by atoms with Crippen molar-refractivity contribution in [2.75, 3.05) is 13.1 Å². The smallest absolute Gasteiger partial charge is 0.248 e. The van der Waals surface area contributed by atoms with Gasteiger partial charge in [-0.2, -0.15) is 0 Å². The highest BCUT2D eigenvalue weighted by Gasteiger charge is 2.08. The second-order valence-corrected chi connectivity index (χ2v) is 3.19. The van der Waals surface area contributed by atoms with Crippen molar-refractivity contribution in [1.29, 1.82) is 0 Å². The Kier molecular flexibility index (Phi) is 4.73. The second kappa shape index (κ2) is 6.10. The standard InChI is InChI=1S/C10H16N4O/c1-2-14(8-10(15)13-11)7-9-5-3-4-6-12-9/h3-6H,2,7-8,11H2,1H3,(H,13,15). The van der Waals surface area contributed by atoms with Crippen molar-refractivity contribution in [2.24, 2.45) is 5.84 Å². The van der Waals surface area contributed by atoms with Crippen LogP contribution in [0.25, 0.3) is 0 Å². The molecule has 0 bridgehead atoms. The molecule has 15 heavy (non-hydrogen) atoms. The molecular weight excluding hydrogens is 192 g/mol. The Labute approximate surface area is 89.3 Å². The van der Waals surface area contributed by atoms with Crippen molar-refractivity contribution >= 4 is 5.91 Å². The largest absolute Gasteiger partial charge is 0.293 e. The Morgan fingerprint density at radius 3 is 2.93 bits per heavy atom. The molecule has 0 saturated heterocycles. The molecule has 1 amide bonds. The molecule has 0 atom stereocenters. The van der Waals surface area contributed by atoms with Crippen LogP contribution in [-0.4, -0.2) is 28.9 Å². The van der Waals surface area contributed by atoms with Gasteiger partial charge in [0.25, 0.3) is 0 Å². The molecule has 1 heterocycles. The van der Waals surface area contributed by atoms with E-state index in [4.69, 9.17) is 5.84 Å². The number of rotatable bonds is 5. The van der Waals surface area contributed by atoms with E-state index in [1.54, 1.807) is 6.20 Å². The Balaban J connectivity index is 2.50. The number of carbonyl (C=O) groups excluding carboxylic acids is 1. The van der Waals surface area contributed by atoms with Gasteiger partial charge in [0.1, 0.15) is 0 Å². The van der Waals surface area contributed by atoms with Crippen LogP contribution in [0.3, 0.4) is 0 Å². The number of carbonyl (C=O) groups is 1. The van der Waals surface area contributed by atoms with E-state index >= 15 is 0 Å². The highest BCUT2D eigenvalue weighted by Crippen LogP contribution is 1.99. The molecule has 1 rings (SSSR count). The predicted octanol–water partition coefficient (Wildman–Crippen LogP) is -0.107. The van der Waals surface area contributed by atoms with Gasteiger partial charge in [-0.25, -0.2) is 5.84 Å². The van der Waals surface area contributed by atoms with Crippen LogP contribution in [0.1, 0.15) is 12.6 Å². The molecule has 0 aliphatic rings. The van der Waals surface area contributed by atoms with Gasteiger partial charge >= 0.3 is 0 Å². The number of nitrogens with one attached hydrogen (secondary N) is 1. The third-order valence-electron chi connectivity index (χ3n) is 2.09. The minimum absolute atomic E-state index is 0.187. The highest BCUT2D eigenvalue weighted by molar-refractivity contribution is 5.77. The van der Waals surface area contributed by atoms with Gasteiger partial charge in [-0.15, -0.1) is 0 Å². The summed E-state index contributed by atoms with van der Waals surface area (Å²) in [5, 5.41) is 0. The molecule has 1 aromatic heterocycles. The molecule has 0 saturated carbocycles. The van der Waals surface area contributed by atoms with Gasteiger partial charge in [0, 0.05) is 12.7 Å². The predicted molar refractivity (Wildman–Crippen MR) is 57.5 cm³/mol. The highest BCUT2D eigenvalue weighted by atomic mass is 16.2. The lowest BCUT2D eigenvalue weighted by Gasteiger charge is -2.18. The lowest BCUT2D eigenvalue weighted by atomic mass is 10.3. The SMILES string of the molecule is CCN(CC(=O)NN)Cc1ccccn1. The van der Waals surface area contributed by atoms with E-state index in [9.17, 15) is 4.79 Å². The summed E-state index contributed by atoms with van der Waals surface area (Å²) >= 11 is 0. The van der Waals surface area contributed by atoms with E-state index in [-0.39, 0.29) is 5.91 Å². The fourth-order valence-corrected chi connectivity index (χ4v) is 1.25. The van der Waals surface area contributed by atoms with Crippen LogP contribution in [0.4, 0.5) is 0 Å². The third kappa shape index (κ3) is 4.05. The first kappa shape index (κ1) is 11.6. The van der Waals surface area contributed by atoms with Crippen LogP contribution < -0.4 is 11.3 Å². The van der Waals surface area contributed by atoms with Crippen molar-refractivity contribution < 1.29 is 4.79 Å². The molecule has 0 aliphatic carbocycles. The first-order valence-electron chi connectivity index (χ1n) is 4.88. The average molecular weight is 208 g/mol. The average Bonchev–Trinajstić information content (AvgIpc) is 2.29. The molecule has 0 aromatic carbocycles. The van der Waals surface area contributed by atoms with E-state index in [0.717, 1.165) is 12.2 Å². The first-order valence-corrected chi connectivity index (χ1v) is 4.88. The molecule has 82 valence electrons. The van der Waals surface area contributed by atoms with Crippen molar-refractivity contribution in [3.8, 4) is 0 Å². The summed E-state index contributed by atoms with van der Waals surface area (Å²) < 4.78 is 0. The quantitative estimate of drug-likeness (QED) is 0.402. The number of nitrogens with two attached hydrogens (primary N) is 1. The van der Waals surface area contributed by atoms with E-state index in [1.807, 2.05) is 30.0 Å². The molecule has 5 heteroatoms. The number of hydrazine groups is 1. The number of amides is 1. The summed E-state index contributed by atoms with van der Waals surface area (Å²) in [6.45, 7) is 3.73. The van der Waals surface area contributed by atoms with E-state index in [1.165, 1.54) is 0 Å². The van der Waals surface area contributed by atoms with Crippen LogP contribution in [0, 0.1) is 0 Å². The van der Waals surface area contributed by atoms with Crippen LogP contribution in [0.2, 0.25) is 0 Å². The number of hydrogen-bond acceptors (Lipinski definition) is 4. The summed E-state index contributed by atoms with van der Waals surface area (Å²) in [7, 11) is 0. The Morgan fingerprint density at radius 1 is 1.60 bits per heavy atom. The lowest BCUT2D eigenvalue weighted by molar-refractivity contribution is -0.122. The number of pyridine rings is 1. The molecule has 0 aliphatic heterocycles. The third-order valence-corrected chi connectivity index (χ3v) is 2.09. The van der Waals surface area contributed by atoms with Crippen molar-refractivity contribution in [1.82, 2.24) is 15.3 Å². The minimum atomic E-state index is -0.187. The normalized spacial score (nSPS) is 10.3. The Morgan fingerprint density at radius 2 is 2.40 bits per heavy atom. The minimum Gasteiger partial charge on any atom is -0.293 e. The molecule has 5 nitrogen and oxygen atoms in total. The molecular formula is C10H16N4O. The zero-order valence-electron chi connectivity index (χ0n) is 8.81. The second-order valence-electron chi connectivity index (χ2n) is 3.19. The van der Waals surface area contributed by atoms with Crippen LogP contribution in [0.15, 0.2) is 24.4 Å². The maximum Gasteiger partial charge on any atom is 0.248 e. The number of hydrogen-bond donors (Lipinski definition) is 2. The summed E-state index contributed by atoms with van der Waals surface area (Å²) in [5.41, 5.74) is 3.06. The van der Waals surface area contributed by atoms with Crippen LogP contribution >= 0.6 is 0 Å². The fraction of sp³-hybridized carbons (Fsp3) is 0.400. The first-order chi connectivity index (χ1) is 7.26. The van der Waals surface area contributed by atoms with E-state index in [2.05, 4.69) is 10.4 Å². The van der Waals surface area contributed by atoms with Gasteiger partial charge in [0.15, 0.2) is 0 Å². The van der Waals surface area contributed by atoms with Crippen molar-refractivity contribution in [2.45, 2.75) is 13.5 Å². The zero-order chi connectivity index (χ0) is 11.1. The monoisotopic (exact) mass is 208 g/mol. The van der Waals surface area contributed by atoms with E-state index in [0.29, 0.717) is 13.1 Å². The summed E-state index contributed by atoms with van der Waals surface area (Å²) in [4.78, 5) is 17.2. The molecule has 0 spiro atoms. The lowest BCUT2D eigenvalue weighted by Crippen LogP contribution is -2.40. The van der Waals surface area contributed by atoms with Crippen LogP contribution in [0.5, 0.6) is 0 Å². The topological polar surface area (TPSA) is 71.2 Å². The fourth-order valence-electron chi connectivity index (χ4n) is 1.25. The molecule has 0 radical (unpaired) electrons. The number of likely N-dealkylation sites (N-methyl/N-ethyl adjacent to an activating group) is 1. The van der Waals surface area contributed by atoms with Crippen LogP contribution in [-0.2, 0) is 11.3 Å². The summed E-state index contributed by atoms with van der Waals surface area (Å²) in [6, 6.07) is 5.73. The van der Waals surface area contributed by atoms with Crippen molar-refractivity contribution in [3.05, 3.63) is 30.1 Å². The van der Waals surface area contributed by atoms with Gasteiger partial charge in [-0.1, -0.05) is 13.0 Å². The van der Waals surface area contributed by atoms with Gasteiger partial charge in [-0.3, -0.25) is 20.1 Å². The Hall–Kier alpha value is -1.46. The van der Waals surface area contributed by atoms with Gasteiger partial charge in [0.2, 0.25) is 5.91 Å². The maximum atomic E-state index is 11.1. The van der Waals surface area contributed by atoms with Gasteiger partial charge < -0.3 is 0 Å². The van der Waals surface area contributed by atoms with Gasteiger partial charge in [-0.05, 0) is 18.7 Å². The zero-order valence-corrected chi connectivity index (χ0v) is 8.81. The maximum absolute atomic E-state index is 11.1. The molecule has 0 fully saturated rings. The van der Waals surface area contributed by atoms with E-state index < -0.39 is 0 Å². The number of aromatic nitrogens is 1. The van der Waals surface area contributed by atoms with Gasteiger partial charge in [0.05, 0.1) is 12.2 Å². The molecule has 0 unspecified atom stereocenters. The summed E-state index contributed by atoms with van der Waals surface area (Å²) in [6.07, 6.45) is 1.74. The molecule has 3 N–H and O–H groups in total. The Bertz CT molecular complexity index is 302. The van der Waals surface area contributed by atoms with Crippen molar-refractivity contribution in [3.63, 3.8) is 0 Å².